The molecule has 3 aromatic rings. The molecule has 1 heterocycles. The Bertz CT molecular complexity index is 921. The van der Waals surface area contributed by atoms with Crippen molar-refractivity contribution >= 4 is 12.2 Å². The van der Waals surface area contributed by atoms with Crippen LogP contribution in [0.3, 0.4) is 0 Å². The third-order valence-electron chi connectivity index (χ3n) is 4.77. The summed E-state index contributed by atoms with van der Waals surface area (Å²) in [5, 5.41) is 0. The Labute approximate surface area is 176 Å². The second-order valence-corrected chi connectivity index (χ2v) is 7.13. The molecule has 3 nitrogen and oxygen atoms in total. The summed E-state index contributed by atoms with van der Waals surface area (Å²) in [5.74, 6) is 0.871. The van der Waals surface area contributed by atoms with Gasteiger partial charge in [0.05, 0.1) is 0 Å². The molecule has 3 rings (SSSR count). The van der Waals surface area contributed by atoms with Gasteiger partial charge >= 0.3 is 6.61 Å². The van der Waals surface area contributed by atoms with E-state index in [1.54, 1.807) is 12.1 Å². The number of rotatable bonds is 10. The molecule has 0 unspecified atom stereocenters. The predicted molar refractivity (Wildman–Crippen MR) is 117 cm³/mol. The number of aromatic nitrogens is 2. The minimum Gasteiger partial charge on any atom is -0.435 e. The van der Waals surface area contributed by atoms with E-state index >= 15 is 0 Å². The summed E-state index contributed by atoms with van der Waals surface area (Å²) in [6, 6.07) is 14.5. The highest BCUT2D eigenvalue weighted by Gasteiger charge is 2.04. The fourth-order valence-corrected chi connectivity index (χ4v) is 3.08. The minimum absolute atomic E-state index is 0.151. The van der Waals surface area contributed by atoms with Crippen LogP contribution in [0.5, 0.6) is 5.75 Å². The number of halogens is 2. The van der Waals surface area contributed by atoms with Crippen molar-refractivity contribution in [1.82, 2.24) is 9.97 Å². The molecule has 5 heteroatoms. The van der Waals surface area contributed by atoms with Crippen LogP contribution in [0.25, 0.3) is 23.5 Å². The molecule has 0 aliphatic heterocycles. The number of alkyl halides is 2. The Balaban J connectivity index is 1.57. The smallest absolute Gasteiger partial charge is 0.387 e. The van der Waals surface area contributed by atoms with Gasteiger partial charge in [-0.25, -0.2) is 9.97 Å². The number of aryl methyl sites for hydroxylation is 1. The normalized spacial score (nSPS) is 11.3. The number of hydrogen-bond donors (Lipinski definition) is 0. The number of unbranched alkanes of at least 4 members (excludes halogenated alkanes) is 3. The quantitative estimate of drug-likeness (QED) is 0.267. The first-order valence-electron chi connectivity index (χ1n) is 10.3. The summed E-state index contributed by atoms with van der Waals surface area (Å²) >= 11 is 0. The summed E-state index contributed by atoms with van der Waals surface area (Å²) < 4.78 is 28.7. The van der Waals surface area contributed by atoms with Gasteiger partial charge in [-0.05, 0) is 41.7 Å². The molecule has 0 aliphatic rings. The molecule has 0 bridgehead atoms. The van der Waals surface area contributed by atoms with Crippen LogP contribution in [0.4, 0.5) is 8.78 Å². The first-order valence-corrected chi connectivity index (χ1v) is 10.3. The lowest BCUT2D eigenvalue weighted by Gasteiger charge is -2.04. The second-order valence-electron chi connectivity index (χ2n) is 7.13. The molecule has 156 valence electrons. The zero-order chi connectivity index (χ0) is 21.2. The van der Waals surface area contributed by atoms with E-state index in [-0.39, 0.29) is 5.75 Å². The first kappa shape index (κ1) is 21.6. The average molecular weight is 408 g/mol. The first-order chi connectivity index (χ1) is 14.6. The monoisotopic (exact) mass is 408 g/mol. The maximum absolute atomic E-state index is 12.2. The number of benzene rings is 2. The minimum atomic E-state index is -2.81. The van der Waals surface area contributed by atoms with Crippen molar-refractivity contribution in [2.45, 2.75) is 45.6 Å². The number of hydrogen-bond acceptors (Lipinski definition) is 3. The molecular weight excluding hydrogens is 382 g/mol. The van der Waals surface area contributed by atoms with Crippen molar-refractivity contribution in [3.8, 4) is 17.1 Å². The molecule has 2 aromatic carbocycles. The van der Waals surface area contributed by atoms with Gasteiger partial charge in [-0.15, -0.1) is 0 Å². The van der Waals surface area contributed by atoms with Gasteiger partial charge in [0, 0.05) is 18.0 Å². The average Bonchev–Trinajstić information content (AvgIpc) is 2.77. The maximum Gasteiger partial charge on any atom is 0.387 e. The molecular formula is C25H26F2N2O. The molecule has 0 spiro atoms. The molecule has 0 saturated heterocycles. The van der Waals surface area contributed by atoms with E-state index < -0.39 is 6.61 Å². The van der Waals surface area contributed by atoms with E-state index in [1.165, 1.54) is 43.4 Å². The van der Waals surface area contributed by atoms with Crippen LogP contribution in [0.15, 0.2) is 60.9 Å². The largest absolute Gasteiger partial charge is 0.435 e. The Morgan fingerprint density at radius 3 is 2.00 bits per heavy atom. The van der Waals surface area contributed by atoms with Gasteiger partial charge in [-0.1, -0.05) is 74.7 Å². The standard InChI is InChI=1S/C25H26F2N2O/c1-2-3-4-5-6-21-17-28-24(29-18-21)22-13-9-19(10-14-22)7-8-20-11-15-23(16-12-20)30-25(26)27/h7-18,25H,2-6H2,1H3. The zero-order valence-corrected chi connectivity index (χ0v) is 17.1. The molecule has 1 aromatic heterocycles. The van der Waals surface area contributed by atoms with Gasteiger partial charge in [0.15, 0.2) is 5.82 Å². The van der Waals surface area contributed by atoms with Gasteiger partial charge in [-0.3, -0.25) is 0 Å². The van der Waals surface area contributed by atoms with Crippen LogP contribution < -0.4 is 4.74 Å². The van der Waals surface area contributed by atoms with Gasteiger partial charge in [0.2, 0.25) is 0 Å². The second kappa shape index (κ2) is 11.2. The van der Waals surface area contributed by atoms with Crippen LogP contribution >= 0.6 is 0 Å². The van der Waals surface area contributed by atoms with Crippen LogP contribution in [0.2, 0.25) is 0 Å². The highest BCUT2D eigenvalue weighted by atomic mass is 19.3. The lowest BCUT2D eigenvalue weighted by atomic mass is 10.1. The van der Waals surface area contributed by atoms with Crippen molar-refractivity contribution in [2.75, 3.05) is 0 Å². The van der Waals surface area contributed by atoms with E-state index in [1.807, 2.05) is 48.8 Å². The molecule has 0 N–H and O–H groups in total. The van der Waals surface area contributed by atoms with Crippen LogP contribution in [0.1, 0.15) is 49.3 Å². The zero-order valence-electron chi connectivity index (χ0n) is 17.1. The summed E-state index contributed by atoms with van der Waals surface area (Å²) in [6.07, 6.45) is 13.7. The lowest BCUT2D eigenvalue weighted by Crippen LogP contribution is -2.01. The van der Waals surface area contributed by atoms with E-state index in [4.69, 9.17) is 0 Å². The molecule has 30 heavy (non-hydrogen) atoms. The topological polar surface area (TPSA) is 35.0 Å². The van der Waals surface area contributed by atoms with Gasteiger partial charge in [0.25, 0.3) is 0 Å². The van der Waals surface area contributed by atoms with Gasteiger partial charge in [0.1, 0.15) is 5.75 Å². The third-order valence-corrected chi connectivity index (χ3v) is 4.77. The van der Waals surface area contributed by atoms with Crippen LogP contribution in [-0.2, 0) is 6.42 Å². The summed E-state index contributed by atoms with van der Waals surface area (Å²) in [4.78, 5) is 9.01. The Morgan fingerprint density at radius 2 is 1.43 bits per heavy atom. The fraction of sp³-hybridized carbons (Fsp3) is 0.280. The molecule has 0 aliphatic carbocycles. The highest BCUT2D eigenvalue weighted by molar-refractivity contribution is 5.71. The van der Waals surface area contributed by atoms with Crippen molar-refractivity contribution < 1.29 is 13.5 Å². The summed E-state index contributed by atoms with van der Waals surface area (Å²) in [5.41, 5.74) is 4.08. The Hall–Kier alpha value is -3.08. The van der Waals surface area contributed by atoms with Crippen LogP contribution in [0, 0.1) is 0 Å². The maximum atomic E-state index is 12.2. The third kappa shape index (κ3) is 6.76. The van der Waals surface area contributed by atoms with Crippen LogP contribution in [-0.4, -0.2) is 16.6 Å². The fourth-order valence-electron chi connectivity index (χ4n) is 3.08. The molecule has 0 fully saturated rings. The number of nitrogens with zero attached hydrogens (tertiary/aromatic N) is 2. The van der Waals surface area contributed by atoms with E-state index in [0.29, 0.717) is 0 Å². The lowest BCUT2D eigenvalue weighted by molar-refractivity contribution is -0.0498. The van der Waals surface area contributed by atoms with Gasteiger partial charge < -0.3 is 4.74 Å². The molecule has 0 saturated carbocycles. The van der Waals surface area contributed by atoms with E-state index in [2.05, 4.69) is 21.6 Å². The van der Waals surface area contributed by atoms with Crippen molar-refractivity contribution in [1.29, 1.82) is 0 Å². The van der Waals surface area contributed by atoms with Gasteiger partial charge in [-0.2, -0.15) is 8.78 Å². The number of ether oxygens (including phenoxy) is 1. The van der Waals surface area contributed by atoms with E-state index in [9.17, 15) is 8.78 Å². The summed E-state index contributed by atoms with van der Waals surface area (Å²) in [6.45, 7) is -0.596. The summed E-state index contributed by atoms with van der Waals surface area (Å²) in [7, 11) is 0. The Morgan fingerprint density at radius 1 is 0.833 bits per heavy atom. The van der Waals surface area contributed by atoms with Crippen molar-refractivity contribution in [3.05, 3.63) is 77.6 Å². The predicted octanol–water partition coefficient (Wildman–Crippen LogP) is 7.04. The van der Waals surface area contributed by atoms with E-state index in [0.717, 1.165) is 28.9 Å². The van der Waals surface area contributed by atoms with Crippen molar-refractivity contribution in [3.63, 3.8) is 0 Å². The van der Waals surface area contributed by atoms with Crippen molar-refractivity contribution in [2.24, 2.45) is 0 Å². The Kier molecular flexibility index (Phi) is 8.07. The molecule has 0 amide bonds. The molecule has 0 radical (unpaired) electrons. The molecule has 0 atom stereocenters. The SMILES string of the molecule is CCCCCCc1cnc(-c2ccc(C=Cc3ccc(OC(F)F)cc3)cc2)nc1. The highest BCUT2D eigenvalue weighted by Crippen LogP contribution is 2.19.